The van der Waals surface area contributed by atoms with E-state index in [0.29, 0.717) is 5.82 Å². The van der Waals surface area contributed by atoms with Crippen molar-refractivity contribution in [2.75, 3.05) is 4.72 Å². The number of hydrogen-bond donors (Lipinski definition) is 1. The minimum Gasteiger partial charge on any atom is -0.263 e. The Balaban J connectivity index is 1.92. The molecule has 0 aliphatic heterocycles. The van der Waals surface area contributed by atoms with Crippen molar-refractivity contribution in [1.29, 1.82) is 0 Å². The minimum atomic E-state index is -3.78. The molecule has 0 radical (unpaired) electrons. The van der Waals surface area contributed by atoms with E-state index in [0.717, 1.165) is 22.2 Å². The van der Waals surface area contributed by atoms with Gasteiger partial charge in [-0.3, -0.25) is 9.71 Å². The molecule has 0 saturated heterocycles. The van der Waals surface area contributed by atoms with Crippen molar-refractivity contribution in [3.8, 4) is 5.69 Å². The Morgan fingerprint density at radius 2 is 1.69 bits per heavy atom. The molecule has 0 amide bonds. The van der Waals surface area contributed by atoms with Crippen molar-refractivity contribution in [2.45, 2.75) is 31.1 Å². The lowest BCUT2D eigenvalue weighted by atomic mass is 9.89. The summed E-state index contributed by atoms with van der Waals surface area (Å²) in [5.41, 5.74) is 2.07. The Hall–Kier alpha value is -3.19. The average molecular weight is 407 g/mol. The monoisotopic (exact) mass is 406 g/mol. The lowest BCUT2D eigenvalue weighted by Crippen LogP contribution is -2.20. The number of rotatable bonds is 4. The van der Waals surface area contributed by atoms with Crippen molar-refractivity contribution in [3.05, 3.63) is 78.6 Å². The summed E-state index contributed by atoms with van der Waals surface area (Å²) >= 11 is 0. The fourth-order valence-electron chi connectivity index (χ4n) is 3.24. The molecule has 0 unspecified atom stereocenters. The van der Waals surface area contributed by atoms with Gasteiger partial charge in [-0.2, -0.15) is 5.10 Å². The topological polar surface area (TPSA) is 76.9 Å². The molecule has 6 nitrogen and oxygen atoms in total. The molecule has 0 saturated carbocycles. The predicted molar refractivity (Wildman–Crippen MR) is 115 cm³/mol. The number of benzene rings is 2. The number of hydrogen-bond acceptors (Lipinski definition) is 4. The Labute approximate surface area is 170 Å². The number of sulfonamides is 1. The fraction of sp³-hybridized carbons (Fsp3) is 0.182. The highest BCUT2D eigenvalue weighted by molar-refractivity contribution is 7.92. The number of anilines is 1. The summed E-state index contributed by atoms with van der Waals surface area (Å²) < 4.78 is 30.5. The molecule has 29 heavy (non-hydrogen) atoms. The maximum atomic E-state index is 13.1. The second kappa shape index (κ2) is 7.00. The Bertz CT molecular complexity index is 1270. The summed E-state index contributed by atoms with van der Waals surface area (Å²) in [6.45, 7) is 6.08. The number of aromatic nitrogens is 3. The van der Waals surface area contributed by atoms with Gasteiger partial charge in [0, 0.05) is 17.1 Å². The van der Waals surface area contributed by atoms with Crippen LogP contribution < -0.4 is 4.72 Å². The van der Waals surface area contributed by atoms with Crippen LogP contribution in [0.3, 0.4) is 0 Å². The molecule has 0 fully saturated rings. The molecule has 0 aliphatic carbocycles. The van der Waals surface area contributed by atoms with E-state index >= 15 is 0 Å². The van der Waals surface area contributed by atoms with Crippen LogP contribution in [0.25, 0.3) is 16.6 Å². The van der Waals surface area contributed by atoms with E-state index in [1.54, 1.807) is 47.4 Å². The van der Waals surface area contributed by atoms with Crippen molar-refractivity contribution >= 4 is 26.7 Å². The van der Waals surface area contributed by atoms with Gasteiger partial charge in [-0.15, -0.1) is 0 Å². The Morgan fingerprint density at radius 3 is 2.41 bits per heavy atom. The molecular formula is C22H22N4O2S. The third kappa shape index (κ3) is 3.61. The summed E-state index contributed by atoms with van der Waals surface area (Å²) in [7, 11) is -3.78. The normalized spacial score (nSPS) is 12.2. The zero-order valence-corrected chi connectivity index (χ0v) is 17.3. The largest absolute Gasteiger partial charge is 0.263 e. The molecule has 0 bridgehead atoms. The van der Waals surface area contributed by atoms with Gasteiger partial charge in [0.2, 0.25) is 0 Å². The first kappa shape index (κ1) is 19.1. The highest BCUT2D eigenvalue weighted by Gasteiger charge is 2.27. The van der Waals surface area contributed by atoms with Gasteiger partial charge in [-0.05, 0) is 41.8 Å². The first-order valence-corrected chi connectivity index (χ1v) is 10.8. The van der Waals surface area contributed by atoms with Crippen molar-refractivity contribution in [3.63, 3.8) is 0 Å². The van der Waals surface area contributed by atoms with Gasteiger partial charge in [-0.1, -0.05) is 45.0 Å². The summed E-state index contributed by atoms with van der Waals surface area (Å²) in [5, 5.41) is 5.43. The molecule has 2 aromatic carbocycles. The van der Waals surface area contributed by atoms with E-state index in [4.69, 9.17) is 0 Å². The van der Waals surface area contributed by atoms with Gasteiger partial charge in [-0.25, -0.2) is 13.1 Å². The molecule has 148 valence electrons. The van der Waals surface area contributed by atoms with Crippen LogP contribution in [0.5, 0.6) is 0 Å². The van der Waals surface area contributed by atoms with Crippen LogP contribution in [-0.2, 0) is 15.4 Å². The van der Waals surface area contributed by atoms with E-state index in [9.17, 15) is 8.42 Å². The van der Waals surface area contributed by atoms with E-state index in [-0.39, 0.29) is 10.3 Å². The summed E-state index contributed by atoms with van der Waals surface area (Å²) in [6.07, 6.45) is 3.45. The van der Waals surface area contributed by atoms with Gasteiger partial charge >= 0.3 is 0 Å². The zero-order chi connectivity index (χ0) is 20.6. The minimum absolute atomic E-state index is 0.201. The van der Waals surface area contributed by atoms with Crippen LogP contribution in [0.4, 0.5) is 5.82 Å². The molecule has 0 spiro atoms. The number of nitrogens with one attached hydrogen (secondary N) is 1. The van der Waals surface area contributed by atoms with E-state index in [2.05, 4.69) is 14.8 Å². The van der Waals surface area contributed by atoms with Crippen LogP contribution in [0.2, 0.25) is 0 Å². The summed E-state index contributed by atoms with van der Waals surface area (Å²) in [5.74, 6) is 0.428. The third-order valence-electron chi connectivity index (χ3n) is 4.71. The first-order chi connectivity index (χ1) is 13.8. The maximum Gasteiger partial charge on any atom is 0.263 e. The highest BCUT2D eigenvalue weighted by Crippen LogP contribution is 2.34. The third-order valence-corrected chi connectivity index (χ3v) is 6.07. The smallest absolute Gasteiger partial charge is 0.263 e. The molecule has 4 rings (SSSR count). The van der Waals surface area contributed by atoms with Crippen molar-refractivity contribution in [2.24, 2.45) is 0 Å². The SMILES string of the molecule is CC(C)(C)c1cnn(-c2cccc3ncccc23)c1NS(=O)(=O)c1ccccc1. The Morgan fingerprint density at radius 1 is 0.931 bits per heavy atom. The predicted octanol–water partition coefficient (Wildman–Crippen LogP) is 4.52. The van der Waals surface area contributed by atoms with Gasteiger partial charge in [0.05, 0.1) is 22.3 Å². The molecule has 0 aliphatic rings. The molecule has 4 aromatic rings. The number of pyridine rings is 1. The second-order valence-electron chi connectivity index (χ2n) is 7.83. The van der Waals surface area contributed by atoms with Gasteiger partial charge in [0.1, 0.15) is 5.82 Å². The molecule has 7 heteroatoms. The van der Waals surface area contributed by atoms with Crippen LogP contribution in [-0.4, -0.2) is 23.2 Å². The molecule has 2 aromatic heterocycles. The Kier molecular flexibility index (Phi) is 4.62. The molecule has 1 N–H and O–H groups in total. The van der Waals surface area contributed by atoms with Crippen molar-refractivity contribution < 1.29 is 8.42 Å². The quantitative estimate of drug-likeness (QED) is 0.541. The lowest BCUT2D eigenvalue weighted by Gasteiger charge is -2.21. The molecule has 2 heterocycles. The van der Waals surface area contributed by atoms with Gasteiger partial charge in [0.25, 0.3) is 10.0 Å². The van der Waals surface area contributed by atoms with Crippen LogP contribution in [0.15, 0.2) is 78.0 Å². The van der Waals surface area contributed by atoms with Crippen LogP contribution in [0.1, 0.15) is 26.3 Å². The fourth-order valence-corrected chi connectivity index (χ4v) is 4.32. The average Bonchev–Trinajstić information content (AvgIpc) is 3.11. The number of nitrogens with zero attached hydrogens (tertiary/aromatic N) is 3. The van der Waals surface area contributed by atoms with E-state index in [1.165, 1.54) is 0 Å². The zero-order valence-electron chi connectivity index (χ0n) is 16.5. The molecular weight excluding hydrogens is 384 g/mol. The maximum absolute atomic E-state index is 13.1. The first-order valence-electron chi connectivity index (χ1n) is 9.28. The highest BCUT2D eigenvalue weighted by atomic mass is 32.2. The van der Waals surface area contributed by atoms with Gasteiger partial charge in [0.15, 0.2) is 0 Å². The standard InChI is InChI=1S/C22H22N4O2S/c1-22(2,3)18-15-24-26(20-13-7-12-19-17(20)11-8-14-23-19)21(18)25-29(27,28)16-9-5-4-6-10-16/h4-15,25H,1-3H3. The van der Waals surface area contributed by atoms with E-state index < -0.39 is 10.0 Å². The van der Waals surface area contributed by atoms with Crippen molar-refractivity contribution in [1.82, 2.24) is 14.8 Å². The van der Waals surface area contributed by atoms with Crippen LogP contribution >= 0.6 is 0 Å². The van der Waals surface area contributed by atoms with Gasteiger partial charge < -0.3 is 0 Å². The molecule has 0 atom stereocenters. The van der Waals surface area contributed by atoms with Crippen LogP contribution in [0, 0.1) is 0 Å². The summed E-state index contributed by atoms with van der Waals surface area (Å²) in [6, 6.07) is 17.8. The lowest BCUT2D eigenvalue weighted by molar-refractivity contribution is 0.590. The summed E-state index contributed by atoms with van der Waals surface area (Å²) in [4.78, 5) is 4.60. The second-order valence-corrected chi connectivity index (χ2v) is 9.52. The van der Waals surface area contributed by atoms with E-state index in [1.807, 2.05) is 51.1 Å². The number of fused-ring (bicyclic) bond motifs is 1.